The van der Waals surface area contributed by atoms with E-state index in [1.807, 2.05) is 60.7 Å². The predicted octanol–water partition coefficient (Wildman–Crippen LogP) is 4.68. The highest BCUT2D eigenvalue weighted by Gasteiger charge is 2.05. The van der Waals surface area contributed by atoms with Crippen LogP contribution >= 0.6 is 15.9 Å². The first-order valence-electron chi connectivity index (χ1n) is 6.40. The number of hydrogen-bond donors (Lipinski definition) is 0. The summed E-state index contributed by atoms with van der Waals surface area (Å²) >= 11 is 3.37. The SMILES string of the molecule is COc1ccc(C=CCBr)cc1OCc1ccccc1. The minimum atomic E-state index is 0.531. The standard InChI is InChI=1S/C17H17BrO2/c1-19-16-10-9-14(8-5-11-18)12-17(16)20-13-15-6-3-2-4-7-15/h2-10,12H,11,13H2,1H3. The van der Waals surface area contributed by atoms with E-state index in [2.05, 4.69) is 15.9 Å². The molecule has 0 aliphatic carbocycles. The Kier molecular flexibility index (Phi) is 5.69. The zero-order valence-corrected chi connectivity index (χ0v) is 13.0. The molecule has 2 rings (SSSR count). The van der Waals surface area contributed by atoms with Gasteiger partial charge in [0.15, 0.2) is 11.5 Å². The Labute approximate surface area is 128 Å². The third-order valence-corrected chi connectivity index (χ3v) is 3.20. The van der Waals surface area contributed by atoms with Crippen molar-refractivity contribution in [3.8, 4) is 11.5 Å². The molecule has 0 fully saturated rings. The van der Waals surface area contributed by atoms with E-state index in [9.17, 15) is 0 Å². The molecule has 0 aliphatic heterocycles. The summed E-state index contributed by atoms with van der Waals surface area (Å²) in [4.78, 5) is 0. The predicted molar refractivity (Wildman–Crippen MR) is 86.6 cm³/mol. The van der Waals surface area contributed by atoms with E-state index >= 15 is 0 Å². The summed E-state index contributed by atoms with van der Waals surface area (Å²) in [6.45, 7) is 0.531. The van der Waals surface area contributed by atoms with Crippen LogP contribution < -0.4 is 9.47 Å². The van der Waals surface area contributed by atoms with Crippen molar-refractivity contribution >= 4 is 22.0 Å². The van der Waals surface area contributed by atoms with Crippen LogP contribution in [0.3, 0.4) is 0 Å². The summed E-state index contributed by atoms with van der Waals surface area (Å²) in [5, 5.41) is 0.833. The number of benzene rings is 2. The van der Waals surface area contributed by atoms with Crippen LogP contribution in [0.4, 0.5) is 0 Å². The van der Waals surface area contributed by atoms with Crippen LogP contribution in [0.1, 0.15) is 11.1 Å². The Morgan fingerprint density at radius 1 is 1.05 bits per heavy atom. The fourth-order valence-electron chi connectivity index (χ4n) is 1.83. The summed E-state index contributed by atoms with van der Waals surface area (Å²) in [6.07, 6.45) is 4.09. The van der Waals surface area contributed by atoms with Crippen LogP contribution in [0, 0.1) is 0 Å². The lowest BCUT2D eigenvalue weighted by atomic mass is 10.2. The highest BCUT2D eigenvalue weighted by Crippen LogP contribution is 2.29. The average molecular weight is 333 g/mol. The van der Waals surface area contributed by atoms with E-state index in [0.717, 1.165) is 28.0 Å². The molecule has 0 radical (unpaired) electrons. The maximum Gasteiger partial charge on any atom is 0.162 e. The average Bonchev–Trinajstić information content (AvgIpc) is 2.52. The molecule has 20 heavy (non-hydrogen) atoms. The molecule has 0 heterocycles. The zero-order valence-electron chi connectivity index (χ0n) is 11.4. The van der Waals surface area contributed by atoms with Crippen molar-refractivity contribution in [3.63, 3.8) is 0 Å². The van der Waals surface area contributed by atoms with Crippen molar-refractivity contribution in [3.05, 3.63) is 65.7 Å². The number of rotatable bonds is 6. The van der Waals surface area contributed by atoms with Gasteiger partial charge in [0, 0.05) is 5.33 Å². The molecule has 0 aliphatic rings. The molecule has 2 nitrogen and oxygen atoms in total. The fourth-order valence-corrected chi connectivity index (χ4v) is 2.01. The van der Waals surface area contributed by atoms with Gasteiger partial charge in [0.05, 0.1) is 7.11 Å². The first kappa shape index (κ1) is 14.7. The van der Waals surface area contributed by atoms with Gasteiger partial charge in [0.25, 0.3) is 0 Å². The van der Waals surface area contributed by atoms with Gasteiger partial charge < -0.3 is 9.47 Å². The Balaban J connectivity index is 2.14. The van der Waals surface area contributed by atoms with E-state index in [1.54, 1.807) is 7.11 Å². The maximum atomic E-state index is 5.86. The van der Waals surface area contributed by atoms with Gasteiger partial charge in [-0.3, -0.25) is 0 Å². The number of halogens is 1. The maximum absolute atomic E-state index is 5.86. The van der Waals surface area contributed by atoms with Gasteiger partial charge in [-0.2, -0.15) is 0 Å². The van der Waals surface area contributed by atoms with Crippen molar-refractivity contribution < 1.29 is 9.47 Å². The van der Waals surface area contributed by atoms with Crippen molar-refractivity contribution in [2.75, 3.05) is 12.4 Å². The molecule has 0 saturated heterocycles. The van der Waals surface area contributed by atoms with Gasteiger partial charge in [-0.25, -0.2) is 0 Å². The largest absolute Gasteiger partial charge is 0.493 e. The minimum absolute atomic E-state index is 0.531. The Morgan fingerprint density at radius 2 is 1.85 bits per heavy atom. The Hall–Kier alpha value is -1.74. The van der Waals surface area contributed by atoms with E-state index in [4.69, 9.17) is 9.47 Å². The van der Waals surface area contributed by atoms with Gasteiger partial charge in [-0.05, 0) is 23.3 Å². The molecule has 0 aromatic heterocycles. The van der Waals surface area contributed by atoms with Gasteiger partial charge in [0.1, 0.15) is 6.61 Å². The van der Waals surface area contributed by atoms with E-state index in [-0.39, 0.29) is 0 Å². The molecule has 0 bridgehead atoms. The number of hydrogen-bond acceptors (Lipinski definition) is 2. The monoisotopic (exact) mass is 332 g/mol. The third-order valence-electron chi connectivity index (χ3n) is 2.82. The van der Waals surface area contributed by atoms with Gasteiger partial charge >= 0.3 is 0 Å². The summed E-state index contributed by atoms with van der Waals surface area (Å²) in [6, 6.07) is 16.0. The number of methoxy groups -OCH3 is 1. The first-order valence-corrected chi connectivity index (χ1v) is 7.53. The molecule has 0 saturated carbocycles. The van der Waals surface area contributed by atoms with Crippen LogP contribution in [0.15, 0.2) is 54.6 Å². The van der Waals surface area contributed by atoms with E-state index < -0.39 is 0 Å². The smallest absolute Gasteiger partial charge is 0.162 e. The molecule has 0 amide bonds. The molecule has 2 aromatic rings. The van der Waals surface area contributed by atoms with Gasteiger partial charge in [-0.15, -0.1) is 0 Å². The summed E-state index contributed by atoms with van der Waals surface area (Å²) in [7, 11) is 1.65. The quantitative estimate of drug-likeness (QED) is 0.715. The minimum Gasteiger partial charge on any atom is -0.493 e. The molecule has 0 N–H and O–H groups in total. The second-order valence-electron chi connectivity index (χ2n) is 4.24. The van der Waals surface area contributed by atoms with Crippen molar-refractivity contribution in [1.29, 1.82) is 0 Å². The summed E-state index contributed by atoms with van der Waals surface area (Å²) in [5.74, 6) is 1.50. The lowest BCUT2D eigenvalue weighted by Crippen LogP contribution is -1.97. The molecular weight excluding hydrogens is 316 g/mol. The van der Waals surface area contributed by atoms with Gasteiger partial charge in [-0.1, -0.05) is 64.5 Å². The van der Waals surface area contributed by atoms with Crippen molar-refractivity contribution in [2.24, 2.45) is 0 Å². The number of ether oxygens (including phenoxy) is 2. The number of allylic oxidation sites excluding steroid dienone is 1. The highest BCUT2D eigenvalue weighted by atomic mass is 79.9. The topological polar surface area (TPSA) is 18.5 Å². The summed E-state index contributed by atoms with van der Waals surface area (Å²) in [5.41, 5.74) is 2.23. The van der Waals surface area contributed by atoms with Crippen LogP contribution in [-0.4, -0.2) is 12.4 Å². The van der Waals surface area contributed by atoms with Crippen molar-refractivity contribution in [1.82, 2.24) is 0 Å². The van der Waals surface area contributed by atoms with Gasteiger partial charge in [0.2, 0.25) is 0 Å². The highest BCUT2D eigenvalue weighted by molar-refractivity contribution is 9.09. The van der Waals surface area contributed by atoms with Crippen LogP contribution in [0.2, 0.25) is 0 Å². The zero-order chi connectivity index (χ0) is 14.2. The van der Waals surface area contributed by atoms with E-state index in [1.165, 1.54) is 0 Å². The van der Waals surface area contributed by atoms with E-state index in [0.29, 0.717) is 6.61 Å². The Morgan fingerprint density at radius 3 is 2.55 bits per heavy atom. The third kappa shape index (κ3) is 4.14. The second kappa shape index (κ2) is 7.75. The Bertz CT molecular complexity index is 564. The fraction of sp³-hybridized carbons (Fsp3) is 0.176. The molecule has 0 unspecified atom stereocenters. The molecule has 104 valence electrons. The normalized spacial score (nSPS) is 10.7. The lowest BCUT2D eigenvalue weighted by Gasteiger charge is -2.11. The molecule has 3 heteroatoms. The second-order valence-corrected chi connectivity index (χ2v) is 4.89. The van der Waals surface area contributed by atoms with Crippen LogP contribution in [0.25, 0.3) is 6.08 Å². The summed E-state index contributed by atoms with van der Waals surface area (Å²) < 4.78 is 11.2. The van der Waals surface area contributed by atoms with Crippen LogP contribution in [-0.2, 0) is 6.61 Å². The molecule has 2 aromatic carbocycles. The molecule has 0 atom stereocenters. The van der Waals surface area contributed by atoms with Crippen molar-refractivity contribution in [2.45, 2.75) is 6.61 Å². The number of alkyl halides is 1. The molecular formula is C17H17BrO2. The molecule has 0 spiro atoms. The lowest BCUT2D eigenvalue weighted by molar-refractivity contribution is 0.284. The first-order chi connectivity index (χ1) is 9.83. The van der Waals surface area contributed by atoms with Crippen LogP contribution in [0.5, 0.6) is 11.5 Å².